The first kappa shape index (κ1) is 59.8. The van der Waals surface area contributed by atoms with Gasteiger partial charge in [0.15, 0.2) is 27.0 Å². The number of H-pyrrole nitrogens is 2. The maximum Gasteiger partial charge on any atom is 0.420 e. The van der Waals surface area contributed by atoms with E-state index in [-0.39, 0.29) is 56.2 Å². The summed E-state index contributed by atoms with van der Waals surface area (Å²) < 4.78 is 141. The molecule has 0 spiro atoms. The number of methoxy groups -OCH3 is 1. The molecule has 0 unspecified atom stereocenters. The van der Waals surface area contributed by atoms with E-state index in [9.17, 15) is 52.8 Å². The first-order valence-corrected chi connectivity index (χ1v) is 30.5. The number of thiazole rings is 2. The van der Waals surface area contributed by atoms with Crippen molar-refractivity contribution in [1.82, 2.24) is 24.5 Å². The van der Waals surface area contributed by atoms with Gasteiger partial charge in [0.1, 0.15) is 37.9 Å². The molecule has 5 heterocycles. The highest BCUT2D eigenvalue weighted by Crippen LogP contribution is 2.33. The summed E-state index contributed by atoms with van der Waals surface area (Å²) in [6.45, 7) is 5.29. The highest BCUT2D eigenvalue weighted by Gasteiger charge is 2.32. The highest BCUT2D eigenvalue weighted by molar-refractivity contribution is 8.13. The summed E-state index contributed by atoms with van der Waals surface area (Å²) in [4.78, 5) is 45.0. The summed E-state index contributed by atoms with van der Waals surface area (Å²) >= 11 is 2.17. The molecule has 2 atom stereocenters. The molecule has 82 heavy (non-hydrogen) atoms. The fourth-order valence-electron chi connectivity index (χ4n) is 7.79. The third kappa shape index (κ3) is 13.7. The number of nitrogens with one attached hydrogen (secondary N) is 3. The number of oxazole rings is 3. The van der Waals surface area contributed by atoms with Crippen LogP contribution < -0.4 is 31.0 Å². The molecule has 5 aromatic heterocycles. The smallest absolute Gasteiger partial charge is 0.420 e. The number of aliphatic hydroxyl groups excluding tert-OH is 1. The lowest BCUT2D eigenvalue weighted by atomic mass is 10.1. The molecule has 4 N–H and O–H groups in total. The average molecular weight is 1240 g/mol. The van der Waals surface area contributed by atoms with E-state index in [1.807, 2.05) is 67.6 Å². The van der Waals surface area contributed by atoms with Crippen molar-refractivity contribution >= 4 is 106 Å². The van der Waals surface area contributed by atoms with E-state index < -0.39 is 84.5 Å². The van der Waals surface area contributed by atoms with E-state index in [0.29, 0.717) is 11.3 Å². The van der Waals surface area contributed by atoms with Gasteiger partial charge in [0.25, 0.3) is 29.1 Å². The van der Waals surface area contributed by atoms with Gasteiger partial charge in [-0.25, -0.2) is 67.1 Å². The number of sulfonamides is 2. The molecule has 0 fully saturated rings. The molecule has 0 aliphatic heterocycles. The largest absolute Gasteiger partial charge is 0.497 e. The number of nitrogens with zero attached hydrogens (tertiary/aromatic N) is 4. The Balaban J connectivity index is 0.000000155. The SMILES string of the molecule is COc1ccc(CN(c2nccs2)S(=O)(=O)c2cc3oc(=O)[nH]c3cc2F)c(C)c1.C[C@H](O)c1ccccc1.C[C@H](c1ccccc1)n1c(=O)oc2cc(S(=O)(=O)Nc3nccs3)c(F)cc21.O=c1[nH]c2cc(F)c(S(=O)(=O)Cl)cc2o1. The van der Waals surface area contributed by atoms with Crippen molar-refractivity contribution in [2.45, 2.75) is 54.1 Å². The number of hydrogen-bond acceptors (Lipinski definition) is 18. The summed E-state index contributed by atoms with van der Waals surface area (Å²) in [5.74, 6) is -4.71. The van der Waals surface area contributed by atoms with Crippen molar-refractivity contribution in [2.24, 2.45) is 0 Å². The van der Waals surface area contributed by atoms with Crippen molar-refractivity contribution in [2.75, 3.05) is 16.1 Å². The molecule has 30 heteroatoms. The van der Waals surface area contributed by atoms with E-state index >= 15 is 0 Å². The highest BCUT2D eigenvalue weighted by atomic mass is 35.7. The lowest BCUT2D eigenvalue weighted by Crippen LogP contribution is -2.31. The van der Waals surface area contributed by atoms with E-state index in [1.54, 1.807) is 49.9 Å². The number of aromatic amines is 2. The molecule has 0 bridgehead atoms. The molecule has 21 nitrogen and oxygen atoms in total. The molecule has 0 amide bonds. The van der Waals surface area contributed by atoms with Gasteiger partial charge in [-0.3, -0.25) is 19.3 Å². The van der Waals surface area contributed by atoms with Gasteiger partial charge in [0.05, 0.1) is 42.4 Å². The first-order valence-electron chi connectivity index (χ1n) is 23.5. The monoisotopic (exact) mass is 1240 g/mol. The number of hydrogen-bond donors (Lipinski definition) is 4. The van der Waals surface area contributed by atoms with Crippen LogP contribution in [0.25, 0.3) is 33.3 Å². The Bertz CT molecular complexity index is 4590. The van der Waals surface area contributed by atoms with Crippen LogP contribution >= 0.6 is 33.4 Å². The van der Waals surface area contributed by atoms with Crippen LogP contribution in [0, 0.1) is 24.4 Å². The molecule has 0 aliphatic rings. The van der Waals surface area contributed by atoms with Gasteiger partial charge in [0.2, 0.25) is 0 Å². The number of benzene rings is 6. The fraction of sp³-hybridized carbons (Fsp3) is 0.135. The van der Waals surface area contributed by atoms with Gasteiger partial charge < -0.3 is 23.1 Å². The van der Waals surface area contributed by atoms with E-state index in [0.717, 1.165) is 80.1 Å². The van der Waals surface area contributed by atoms with Crippen LogP contribution in [-0.2, 0) is 35.6 Å². The van der Waals surface area contributed by atoms with Crippen molar-refractivity contribution in [1.29, 1.82) is 0 Å². The molecule has 0 saturated carbocycles. The van der Waals surface area contributed by atoms with Gasteiger partial charge in [-0.05, 0) is 55.2 Å². The fourth-order valence-corrected chi connectivity index (χ4v) is 12.9. The molecule has 6 aromatic carbocycles. The van der Waals surface area contributed by atoms with E-state index in [2.05, 4.69) is 29.1 Å². The Morgan fingerprint density at radius 3 is 1.78 bits per heavy atom. The van der Waals surface area contributed by atoms with Crippen LogP contribution in [0.5, 0.6) is 5.75 Å². The van der Waals surface area contributed by atoms with Crippen LogP contribution in [0.3, 0.4) is 0 Å². The summed E-state index contributed by atoms with van der Waals surface area (Å²) in [7, 11) is -6.28. The van der Waals surface area contributed by atoms with Crippen LogP contribution in [0.2, 0.25) is 0 Å². The van der Waals surface area contributed by atoms with Crippen molar-refractivity contribution < 1.29 is 61.5 Å². The standard InChI is InChI=1S/C19H16FN3O5S2.C18H14FN3O4S2.C8H10O.C7H3ClFNO4S/c1-11-7-13(27-2)4-3-12(11)10-23(18-21-5-6-29-18)30(25,26)17-9-16-15(8-14(17)20)22-19(24)28-16;1-11(12-5-3-2-4-6-12)22-14-9-13(19)16(10-15(14)26-18(22)23)28(24,25)21-17-20-7-8-27-17;1-7(9)8-5-3-2-4-6-8;8-15(12,13)6-2-5-4(1-3(6)9)10-7(11)14-5/h3-9H,10H2,1-2H3,(H,22,24);2-11H,1H3,(H,20,21);2-7,9H,1H3;1-2H,(H,10,11)/t;11-;7-;/m.10./s1. The number of aromatic nitrogens is 5. The second-order valence-corrected chi connectivity index (χ2v) is 25.0. The van der Waals surface area contributed by atoms with Gasteiger partial charge in [-0.15, -0.1) is 22.7 Å². The minimum absolute atomic E-state index is 0.0197. The summed E-state index contributed by atoms with van der Waals surface area (Å²) in [6.07, 6.45) is 2.55. The molecule has 0 aliphatic carbocycles. The van der Waals surface area contributed by atoms with Crippen LogP contribution in [-0.4, -0.2) is 62.0 Å². The van der Waals surface area contributed by atoms with Crippen molar-refractivity contribution in [3.63, 3.8) is 0 Å². The molecular weight excluding hydrogens is 1200 g/mol. The third-order valence-electron chi connectivity index (χ3n) is 11.8. The van der Waals surface area contributed by atoms with E-state index in [1.165, 1.54) is 17.0 Å². The number of ether oxygens (including phenoxy) is 1. The Morgan fingerprint density at radius 1 is 0.707 bits per heavy atom. The lowest BCUT2D eigenvalue weighted by molar-refractivity contribution is 0.199. The van der Waals surface area contributed by atoms with Crippen LogP contribution in [0.15, 0.2) is 181 Å². The predicted octanol–water partition coefficient (Wildman–Crippen LogP) is 9.96. The van der Waals surface area contributed by atoms with Gasteiger partial charge in [-0.1, -0.05) is 66.7 Å². The Hall–Kier alpha value is -8.32. The number of aliphatic hydroxyl groups is 1. The van der Waals surface area contributed by atoms with Crippen LogP contribution in [0.4, 0.5) is 23.4 Å². The Labute approximate surface area is 475 Å². The van der Waals surface area contributed by atoms with E-state index in [4.69, 9.17) is 29.4 Å². The second-order valence-electron chi connectivity index (χ2n) is 17.2. The molecule has 428 valence electrons. The number of fused-ring (bicyclic) bond motifs is 3. The summed E-state index contributed by atoms with van der Waals surface area (Å²) in [5, 5.41) is 12.5. The number of halogens is 4. The quantitative estimate of drug-likeness (QED) is 0.0780. The van der Waals surface area contributed by atoms with Crippen molar-refractivity contribution in [3.8, 4) is 5.75 Å². The normalized spacial score (nSPS) is 12.4. The maximum atomic E-state index is 14.7. The molecule has 11 aromatic rings. The first-order chi connectivity index (χ1) is 38.8. The lowest BCUT2D eigenvalue weighted by Gasteiger charge is -2.23. The van der Waals surface area contributed by atoms with Gasteiger partial charge in [-0.2, -0.15) is 0 Å². The van der Waals surface area contributed by atoms with Gasteiger partial charge >= 0.3 is 17.3 Å². The topological polar surface area (TPSA) is 300 Å². The number of aryl methyl sites for hydroxylation is 1. The zero-order chi connectivity index (χ0) is 59.3. The third-order valence-corrected chi connectivity index (χ3v) is 18.0. The zero-order valence-corrected chi connectivity index (χ0v) is 47.6. The second kappa shape index (κ2) is 24.8. The average Bonchev–Trinajstić information content (AvgIpc) is 4.38. The Morgan fingerprint density at radius 2 is 1.26 bits per heavy atom. The van der Waals surface area contributed by atoms with Gasteiger partial charge in [0, 0.05) is 70.2 Å². The number of anilines is 2. The summed E-state index contributed by atoms with van der Waals surface area (Å²) in [5.41, 5.74) is 3.47. The minimum Gasteiger partial charge on any atom is -0.497 e. The molecule has 0 saturated heterocycles. The summed E-state index contributed by atoms with van der Waals surface area (Å²) in [6, 6.07) is 29.2. The molecular formula is C52H43ClF3N7O14S5. The molecule has 0 radical (unpaired) electrons. The maximum absolute atomic E-state index is 14.7. The zero-order valence-electron chi connectivity index (χ0n) is 42.7. The number of rotatable bonds is 13. The Kier molecular flexibility index (Phi) is 18.1. The van der Waals surface area contributed by atoms with Crippen molar-refractivity contribution in [3.05, 3.63) is 210 Å². The molecule has 11 rings (SSSR count). The predicted molar refractivity (Wildman–Crippen MR) is 301 cm³/mol. The minimum atomic E-state index is -4.37. The van der Waals surface area contributed by atoms with Crippen LogP contribution in [0.1, 0.15) is 48.2 Å².